The highest BCUT2D eigenvalue weighted by Gasteiger charge is 2.19. The predicted molar refractivity (Wildman–Crippen MR) is 103 cm³/mol. The Bertz CT molecular complexity index is 798. The molecule has 0 aliphatic carbocycles. The smallest absolute Gasteiger partial charge is 0.134 e. The molecular weight excluding hydrogens is 308 g/mol. The standard InChI is InChI=1S/C22H26N2O/c1-17-6-2-3-8-19(17)16-24-12-10-20(11-13-24)23-15-21-14-18-7-4-5-9-22(18)25-21/h2-9,14,20,23H,10-13,15-16H2,1H3. The van der Waals surface area contributed by atoms with Crippen molar-refractivity contribution in [3.05, 3.63) is 71.5 Å². The first-order valence-corrected chi connectivity index (χ1v) is 9.25. The monoisotopic (exact) mass is 334 g/mol. The van der Waals surface area contributed by atoms with Crippen LogP contribution in [0.2, 0.25) is 0 Å². The number of fused-ring (bicyclic) bond motifs is 1. The van der Waals surface area contributed by atoms with Crippen molar-refractivity contribution in [3.8, 4) is 0 Å². The number of furan rings is 1. The van der Waals surface area contributed by atoms with E-state index in [9.17, 15) is 0 Å². The largest absolute Gasteiger partial charge is 0.460 e. The van der Waals surface area contributed by atoms with Crippen molar-refractivity contribution in [2.24, 2.45) is 0 Å². The van der Waals surface area contributed by atoms with Gasteiger partial charge in [0.1, 0.15) is 11.3 Å². The van der Waals surface area contributed by atoms with E-state index in [1.807, 2.05) is 12.1 Å². The number of nitrogens with zero attached hydrogens (tertiary/aromatic N) is 1. The molecule has 1 saturated heterocycles. The summed E-state index contributed by atoms with van der Waals surface area (Å²) >= 11 is 0. The second-order valence-corrected chi connectivity index (χ2v) is 7.11. The van der Waals surface area contributed by atoms with E-state index in [0.717, 1.165) is 37.5 Å². The van der Waals surface area contributed by atoms with Crippen LogP contribution in [0.1, 0.15) is 29.7 Å². The summed E-state index contributed by atoms with van der Waals surface area (Å²) in [5.41, 5.74) is 3.83. The van der Waals surface area contributed by atoms with Gasteiger partial charge in [-0.05, 0) is 56.1 Å². The zero-order chi connectivity index (χ0) is 17.1. The lowest BCUT2D eigenvalue weighted by Gasteiger charge is -2.32. The number of hydrogen-bond donors (Lipinski definition) is 1. The minimum absolute atomic E-state index is 0.585. The van der Waals surface area contributed by atoms with Gasteiger partial charge in [-0.3, -0.25) is 4.90 Å². The summed E-state index contributed by atoms with van der Waals surface area (Å²) in [5, 5.41) is 4.86. The quantitative estimate of drug-likeness (QED) is 0.745. The van der Waals surface area contributed by atoms with E-state index in [-0.39, 0.29) is 0 Å². The molecule has 4 rings (SSSR count). The van der Waals surface area contributed by atoms with Gasteiger partial charge in [-0.2, -0.15) is 0 Å². The summed E-state index contributed by atoms with van der Waals surface area (Å²) in [7, 11) is 0. The van der Waals surface area contributed by atoms with E-state index in [1.54, 1.807) is 0 Å². The molecule has 0 atom stereocenters. The molecule has 130 valence electrons. The molecule has 0 radical (unpaired) electrons. The topological polar surface area (TPSA) is 28.4 Å². The van der Waals surface area contributed by atoms with Crippen LogP contribution in [0, 0.1) is 6.92 Å². The molecule has 0 amide bonds. The fourth-order valence-corrected chi connectivity index (χ4v) is 3.69. The van der Waals surface area contributed by atoms with Crippen LogP contribution < -0.4 is 5.32 Å². The van der Waals surface area contributed by atoms with Crippen LogP contribution in [0.4, 0.5) is 0 Å². The van der Waals surface area contributed by atoms with Crippen molar-refractivity contribution < 1.29 is 4.42 Å². The fourth-order valence-electron chi connectivity index (χ4n) is 3.69. The molecule has 2 aromatic carbocycles. The molecule has 0 unspecified atom stereocenters. The van der Waals surface area contributed by atoms with E-state index in [0.29, 0.717) is 6.04 Å². The lowest BCUT2D eigenvalue weighted by atomic mass is 10.0. The fraction of sp³-hybridized carbons (Fsp3) is 0.364. The third kappa shape index (κ3) is 3.94. The van der Waals surface area contributed by atoms with Crippen LogP contribution in [0.3, 0.4) is 0 Å². The third-order valence-corrected chi connectivity index (χ3v) is 5.28. The highest BCUT2D eigenvalue weighted by atomic mass is 16.3. The van der Waals surface area contributed by atoms with Gasteiger partial charge in [-0.1, -0.05) is 42.5 Å². The molecule has 1 aromatic heterocycles. The van der Waals surface area contributed by atoms with E-state index in [2.05, 4.69) is 59.6 Å². The second-order valence-electron chi connectivity index (χ2n) is 7.11. The Kier molecular flexibility index (Phi) is 4.86. The van der Waals surface area contributed by atoms with Gasteiger partial charge in [0, 0.05) is 18.0 Å². The highest BCUT2D eigenvalue weighted by molar-refractivity contribution is 5.77. The van der Waals surface area contributed by atoms with Crippen molar-refractivity contribution in [3.63, 3.8) is 0 Å². The van der Waals surface area contributed by atoms with Crippen molar-refractivity contribution in [1.29, 1.82) is 0 Å². The van der Waals surface area contributed by atoms with Gasteiger partial charge in [-0.25, -0.2) is 0 Å². The maximum Gasteiger partial charge on any atom is 0.134 e. The molecule has 0 saturated carbocycles. The Morgan fingerprint density at radius 1 is 1.04 bits per heavy atom. The Morgan fingerprint density at radius 2 is 1.80 bits per heavy atom. The van der Waals surface area contributed by atoms with Crippen molar-refractivity contribution >= 4 is 11.0 Å². The predicted octanol–water partition coefficient (Wildman–Crippen LogP) is 4.50. The number of rotatable bonds is 5. The number of aryl methyl sites for hydroxylation is 1. The average molecular weight is 334 g/mol. The molecule has 3 aromatic rings. The molecular formula is C22H26N2O. The average Bonchev–Trinajstić information content (AvgIpc) is 3.06. The molecule has 3 heteroatoms. The van der Waals surface area contributed by atoms with Crippen LogP contribution in [-0.4, -0.2) is 24.0 Å². The first-order chi connectivity index (χ1) is 12.3. The summed E-state index contributed by atoms with van der Waals surface area (Å²) in [4.78, 5) is 2.57. The first kappa shape index (κ1) is 16.4. The molecule has 1 aliphatic heterocycles. The van der Waals surface area contributed by atoms with Crippen LogP contribution in [0.25, 0.3) is 11.0 Å². The number of benzene rings is 2. The maximum atomic E-state index is 5.90. The number of nitrogens with one attached hydrogen (secondary N) is 1. The first-order valence-electron chi connectivity index (χ1n) is 9.25. The van der Waals surface area contributed by atoms with Crippen LogP contribution in [0.5, 0.6) is 0 Å². The van der Waals surface area contributed by atoms with E-state index < -0.39 is 0 Å². The zero-order valence-electron chi connectivity index (χ0n) is 14.9. The summed E-state index contributed by atoms with van der Waals surface area (Å²) in [6.45, 7) is 6.41. The number of likely N-dealkylation sites (tertiary alicyclic amines) is 1. The van der Waals surface area contributed by atoms with Gasteiger partial charge in [0.2, 0.25) is 0 Å². The van der Waals surface area contributed by atoms with E-state index in [4.69, 9.17) is 4.42 Å². The van der Waals surface area contributed by atoms with Crippen molar-refractivity contribution in [1.82, 2.24) is 10.2 Å². The Labute approximate surface area is 149 Å². The van der Waals surface area contributed by atoms with Crippen molar-refractivity contribution in [2.75, 3.05) is 13.1 Å². The summed E-state index contributed by atoms with van der Waals surface area (Å²) in [5.74, 6) is 1.03. The molecule has 1 aliphatic rings. The molecule has 25 heavy (non-hydrogen) atoms. The van der Waals surface area contributed by atoms with Crippen LogP contribution >= 0.6 is 0 Å². The summed E-state index contributed by atoms with van der Waals surface area (Å²) in [6.07, 6.45) is 2.40. The minimum atomic E-state index is 0.585. The van der Waals surface area contributed by atoms with Crippen LogP contribution in [0.15, 0.2) is 59.0 Å². The number of hydrogen-bond acceptors (Lipinski definition) is 3. The minimum Gasteiger partial charge on any atom is -0.460 e. The van der Waals surface area contributed by atoms with Gasteiger partial charge < -0.3 is 9.73 Å². The highest BCUT2D eigenvalue weighted by Crippen LogP contribution is 2.20. The zero-order valence-corrected chi connectivity index (χ0v) is 14.9. The molecule has 0 spiro atoms. The van der Waals surface area contributed by atoms with Gasteiger partial charge in [0.05, 0.1) is 6.54 Å². The van der Waals surface area contributed by atoms with Gasteiger partial charge in [0.25, 0.3) is 0 Å². The Balaban J connectivity index is 1.27. The lowest BCUT2D eigenvalue weighted by molar-refractivity contribution is 0.188. The summed E-state index contributed by atoms with van der Waals surface area (Å²) in [6, 6.07) is 19.7. The van der Waals surface area contributed by atoms with Gasteiger partial charge in [0.15, 0.2) is 0 Å². The summed E-state index contributed by atoms with van der Waals surface area (Å²) < 4.78 is 5.90. The van der Waals surface area contributed by atoms with Gasteiger partial charge >= 0.3 is 0 Å². The third-order valence-electron chi connectivity index (χ3n) is 5.28. The molecule has 0 bridgehead atoms. The molecule has 3 nitrogen and oxygen atoms in total. The van der Waals surface area contributed by atoms with Crippen LogP contribution in [-0.2, 0) is 13.1 Å². The SMILES string of the molecule is Cc1ccccc1CN1CCC(NCc2cc3ccccc3o2)CC1. The van der Waals surface area contributed by atoms with E-state index >= 15 is 0 Å². The van der Waals surface area contributed by atoms with Gasteiger partial charge in [-0.15, -0.1) is 0 Å². The molecule has 1 N–H and O–H groups in total. The number of para-hydroxylation sites is 1. The Hall–Kier alpha value is -2.10. The lowest BCUT2D eigenvalue weighted by Crippen LogP contribution is -2.41. The maximum absolute atomic E-state index is 5.90. The molecule has 1 fully saturated rings. The molecule has 2 heterocycles. The number of piperidine rings is 1. The second kappa shape index (κ2) is 7.42. The van der Waals surface area contributed by atoms with E-state index in [1.165, 1.54) is 29.4 Å². The Morgan fingerprint density at radius 3 is 2.60 bits per heavy atom. The normalized spacial score (nSPS) is 16.5. The van der Waals surface area contributed by atoms with Crippen molar-refractivity contribution in [2.45, 2.75) is 38.9 Å².